The van der Waals surface area contributed by atoms with Gasteiger partial charge in [0.2, 0.25) is 0 Å². The standard InChI is InChI=1S/C17H26N6O/c1-4-9-24-15-8-6-7-14(10-15)11-19-17(18-5-2)20-12-16-21-13-22-23(16)3/h6-8,10,13H,4-5,9,11-12H2,1-3H3,(H2,18,19,20). The van der Waals surface area contributed by atoms with E-state index in [-0.39, 0.29) is 0 Å². The van der Waals surface area contributed by atoms with Gasteiger partial charge in [0.05, 0.1) is 19.7 Å². The number of aliphatic imine (C=N–C) groups is 1. The summed E-state index contributed by atoms with van der Waals surface area (Å²) in [6.07, 6.45) is 2.54. The Morgan fingerprint density at radius 1 is 1.29 bits per heavy atom. The summed E-state index contributed by atoms with van der Waals surface area (Å²) in [6.45, 7) is 6.82. The number of hydrogen-bond donors (Lipinski definition) is 2. The molecule has 1 heterocycles. The second-order valence-corrected chi connectivity index (χ2v) is 5.34. The molecule has 0 aliphatic carbocycles. The number of rotatable bonds is 8. The van der Waals surface area contributed by atoms with Gasteiger partial charge in [0.1, 0.15) is 17.9 Å². The van der Waals surface area contributed by atoms with Gasteiger partial charge in [0.15, 0.2) is 5.96 Å². The number of hydrogen-bond acceptors (Lipinski definition) is 4. The predicted octanol–water partition coefficient (Wildman–Crippen LogP) is 1.86. The van der Waals surface area contributed by atoms with Gasteiger partial charge in [-0.3, -0.25) is 4.68 Å². The SMILES string of the molecule is CCCOc1cccc(CN=C(NCC)NCc2ncnn2C)c1. The minimum atomic E-state index is 0.571. The van der Waals surface area contributed by atoms with Crippen LogP contribution in [0.1, 0.15) is 31.7 Å². The van der Waals surface area contributed by atoms with Gasteiger partial charge in [0.25, 0.3) is 0 Å². The smallest absolute Gasteiger partial charge is 0.191 e. The molecule has 2 N–H and O–H groups in total. The first-order valence-electron chi connectivity index (χ1n) is 8.29. The lowest BCUT2D eigenvalue weighted by atomic mass is 10.2. The van der Waals surface area contributed by atoms with Gasteiger partial charge < -0.3 is 15.4 Å². The molecule has 0 aliphatic rings. The molecule has 24 heavy (non-hydrogen) atoms. The lowest BCUT2D eigenvalue weighted by molar-refractivity contribution is 0.317. The van der Waals surface area contributed by atoms with Gasteiger partial charge in [-0.15, -0.1) is 0 Å². The predicted molar refractivity (Wildman–Crippen MR) is 94.9 cm³/mol. The largest absolute Gasteiger partial charge is 0.494 e. The van der Waals surface area contributed by atoms with Crippen molar-refractivity contribution in [2.45, 2.75) is 33.4 Å². The van der Waals surface area contributed by atoms with Crippen LogP contribution in [0.25, 0.3) is 0 Å². The Kier molecular flexibility index (Phi) is 7.07. The van der Waals surface area contributed by atoms with Crippen LogP contribution < -0.4 is 15.4 Å². The molecule has 0 radical (unpaired) electrons. The van der Waals surface area contributed by atoms with Crippen LogP contribution in [0.2, 0.25) is 0 Å². The van der Waals surface area contributed by atoms with Crippen molar-refractivity contribution in [3.63, 3.8) is 0 Å². The van der Waals surface area contributed by atoms with Crippen molar-refractivity contribution >= 4 is 5.96 Å². The zero-order chi connectivity index (χ0) is 17.2. The van der Waals surface area contributed by atoms with Crippen molar-refractivity contribution < 1.29 is 4.74 Å². The molecular weight excluding hydrogens is 304 g/mol. The summed E-state index contributed by atoms with van der Waals surface area (Å²) in [7, 11) is 1.87. The third-order valence-corrected chi connectivity index (χ3v) is 3.35. The van der Waals surface area contributed by atoms with Crippen LogP contribution in [0.3, 0.4) is 0 Å². The Hall–Kier alpha value is -2.57. The van der Waals surface area contributed by atoms with E-state index >= 15 is 0 Å². The Bertz CT molecular complexity index is 652. The summed E-state index contributed by atoms with van der Waals surface area (Å²) < 4.78 is 7.40. The zero-order valence-electron chi connectivity index (χ0n) is 14.6. The topological polar surface area (TPSA) is 76.4 Å². The van der Waals surface area contributed by atoms with Crippen molar-refractivity contribution in [1.82, 2.24) is 25.4 Å². The molecule has 130 valence electrons. The molecule has 0 fully saturated rings. The van der Waals surface area contributed by atoms with Gasteiger partial charge in [-0.05, 0) is 31.0 Å². The highest BCUT2D eigenvalue weighted by Crippen LogP contribution is 2.14. The van der Waals surface area contributed by atoms with Crippen LogP contribution in [0.4, 0.5) is 0 Å². The highest BCUT2D eigenvalue weighted by Gasteiger charge is 2.03. The summed E-state index contributed by atoms with van der Waals surface area (Å²) in [5.74, 6) is 2.50. The van der Waals surface area contributed by atoms with Gasteiger partial charge in [-0.1, -0.05) is 19.1 Å². The summed E-state index contributed by atoms with van der Waals surface area (Å²) >= 11 is 0. The third-order valence-electron chi connectivity index (χ3n) is 3.35. The number of aryl methyl sites for hydroxylation is 1. The molecule has 1 aromatic carbocycles. The van der Waals surface area contributed by atoms with E-state index in [4.69, 9.17) is 4.74 Å². The average Bonchev–Trinajstić information content (AvgIpc) is 3.01. The van der Waals surface area contributed by atoms with Crippen molar-refractivity contribution in [3.05, 3.63) is 42.0 Å². The second kappa shape index (κ2) is 9.54. The number of benzene rings is 1. The molecule has 0 spiro atoms. The number of guanidine groups is 1. The van der Waals surface area contributed by atoms with Crippen LogP contribution >= 0.6 is 0 Å². The molecule has 0 atom stereocenters. The van der Waals surface area contributed by atoms with E-state index in [0.717, 1.165) is 42.7 Å². The van der Waals surface area contributed by atoms with Crippen LogP contribution in [-0.4, -0.2) is 33.9 Å². The molecule has 2 rings (SSSR count). The Labute approximate surface area is 143 Å². The molecule has 0 saturated heterocycles. The van der Waals surface area contributed by atoms with Crippen molar-refractivity contribution in [2.24, 2.45) is 12.0 Å². The van der Waals surface area contributed by atoms with E-state index in [9.17, 15) is 0 Å². The quantitative estimate of drug-likeness (QED) is 0.571. The highest BCUT2D eigenvalue weighted by atomic mass is 16.5. The molecule has 7 nitrogen and oxygen atoms in total. The lowest BCUT2D eigenvalue weighted by Gasteiger charge is -2.11. The van der Waals surface area contributed by atoms with Gasteiger partial charge in [-0.25, -0.2) is 9.98 Å². The molecule has 2 aromatic rings. The maximum absolute atomic E-state index is 5.66. The van der Waals surface area contributed by atoms with E-state index in [0.29, 0.717) is 13.1 Å². The Morgan fingerprint density at radius 2 is 2.17 bits per heavy atom. The molecule has 0 saturated carbocycles. The molecule has 0 aliphatic heterocycles. The summed E-state index contributed by atoms with van der Waals surface area (Å²) in [5.41, 5.74) is 1.11. The van der Waals surface area contributed by atoms with E-state index in [1.807, 2.05) is 32.2 Å². The summed E-state index contributed by atoms with van der Waals surface area (Å²) in [4.78, 5) is 8.81. The molecule has 0 unspecified atom stereocenters. The van der Waals surface area contributed by atoms with Crippen molar-refractivity contribution in [2.75, 3.05) is 13.2 Å². The summed E-state index contributed by atoms with van der Waals surface area (Å²) in [6, 6.07) is 8.05. The minimum absolute atomic E-state index is 0.571. The first-order valence-corrected chi connectivity index (χ1v) is 8.29. The first kappa shape index (κ1) is 17.8. The fraction of sp³-hybridized carbons (Fsp3) is 0.471. The third kappa shape index (κ3) is 5.57. The lowest BCUT2D eigenvalue weighted by Crippen LogP contribution is -2.37. The maximum Gasteiger partial charge on any atom is 0.191 e. The van der Waals surface area contributed by atoms with E-state index in [1.165, 1.54) is 0 Å². The Balaban J connectivity index is 1.96. The van der Waals surface area contributed by atoms with Crippen LogP contribution in [0.5, 0.6) is 5.75 Å². The molecule has 1 aromatic heterocycles. The average molecular weight is 330 g/mol. The summed E-state index contributed by atoms with van der Waals surface area (Å²) in [5, 5.41) is 10.6. The van der Waals surface area contributed by atoms with E-state index < -0.39 is 0 Å². The second-order valence-electron chi connectivity index (χ2n) is 5.34. The minimum Gasteiger partial charge on any atom is -0.494 e. The zero-order valence-corrected chi connectivity index (χ0v) is 14.6. The number of aromatic nitrogens is 3. The normalized spacial score (nSPS) is 11.4. The van der Waals surface area contributed by atoms with Crippen LogP contribution in [0.15, 0.2) is 35.6 Å². The van der Waals surface area contributed by atoms with E-state index in [1.54, 1.807) is 11.0 Å². The van der Waals surface area contributed by atoms with Gasteiger partial charge >= 0.3 is 0 Å². The number of ether oxygens (including phenoxy) is 1. The van der Waals surface area contributed by atoms with Crippen LogP contribution in [0, 0.1) is 0 Å². The van der Waals surface area contributed by atoms with Gasteiger partial charge in [-0.2, -0.15) is 5.10 Å². The molecule has 7 heteroatoms. The number of nitrogens with one attached hydrogen (secondary N) is 2. The fourth-order valence-electron chi connectivity index (χ4n) is 2.11. The van der Waals surface area contributed by atoms with Crippen molar-refractivity contribution in [1.29, 1.82) is 0 Å². The monoisotopic (exact) mass is 330 g/mol. The van der Waals surface area contributed by atoms with Crippen molar-refractivity contribution in [3.8, 4) is 5.75 Å². The Morgan fingerprint density at radius 3 is 2.88 bits per heavy atom. The maximum atomic E-state index is 5.66. The molecule has 0 bridgehead atoms. The number of nitrogens with zero attached hydrogens (tertiary/aromatic N) is 4. The fourth-order valence-corrected chi connectivity index (χ4v) is 2.11. The first-order chi connectivity index (χ1) is 11.7. The highest BCUT2D eigenvalue weighted by molar-refractivity contribution is 5.79. The van der Waals surface area contributed by atoms with Gasteiger partial charge in [0, 0.05) is 13.6 Å². The molecular formula is C17H26N6O. The van der Waals surface area contributed by atoms with Crippen LogP contribution in [-0.2, 0) is 20.1 Å². The molecule has 0 amide bonds. The van der Waals surface area contributed by atoms with E-state index in [2.05, 4.69) is 38.7 Å².